The number of imide groups is 1. The van der Waals surface area contributed by atoms with Crippen LogP contribution < -0.4 is 5.32 Å². The molecule has 1 saturated heterocycles. The first-order valence-electron chi connectivity index (χ1n) is 5.44. The summed E-state index contributed by atoms with van der Waals surface area (Å²) in [6.45, 7) is 0.374. The van der Waals surface area contributed by atoms with E-state index in [1.165, 1.54) is 4.90 Å². The first kappa shape index (κ1) is 12.6. The Kier molecular flexibility index (Phi) is 3.39. The normalized spacial score (nSPS) is 26.6. The highest BCUT2D eigenvalue weighted by molar-refractivity contribution is 6.28. The van der Waals surface area contributed by atoms with Gasteiger partial charge in [0.2, 0.25) is 0 Å². The molecule has 0 saturated carbocycles. The van der Waals surface area contributed by atoms with Crippen molar-refractivity contribution in [2.75, 3.05) is 19.5 Å². The molecular weight excluding hydrogens is 258 g/mol. The first-order valence-corrected chi connectivity index (χ1v) is 5.97. The van der Waals surface area contributed by atoms with Crippen molar-refractivity contribution in [1.82, 2.24) is 15.1 Å². The summed E-state index contributed by atoms with van der Waals surface area (Å²) in [5, 5.41) is 10.9. The number of halogens is 1. The second-order valence-electron chi connectivity index (χ2n) is 4.04. The average Bonchev–Trinajstić information content (AvgIpc) is 2.72. The zero-order chi connectivity index (χ0) is 13.3. The second kappa shape index (κ2) is 4.82. The smallest absolute Gasteiger partial charge is 0.325 e. The maximum absolute atomic E-state index is 11.9. The van der Waals surface area contributed by atoms with Gasteiger partial charge in [0.25, 0.3) is 5.91 Å². The van der Waals surface area contributed by atoms with Crippen molar-refractivity contribution < 1.29 is 9.59 Å². The summed E-state index contributed by atoms with van der Waals surface area (Å²) in [6, 6.07) is 0.958. The Labute approximate surface area is 109 Å². The van der Waals surface area contributed by atoms with Crippen LogP contribution in [-0.2, 0) is 4.79 Å². The van der Waals surface area contributed by atoms with Gasteiger partial charge >= 0.3 is 6.03 Å². The maximum Gasteiger partial charge on any atom is 0.325 e. The molecule has 0 aromatic rings. The number of nitriles is 1. The number of likely N-dealkylation sites (N-methyl/N-ethyl adjacent to an activating group) is 1. The van der Waals surface area contributed by atoms with Crippen molar-refractivity contribution in [3.8, 4) is 6.07 Å². The molecule has 0 aromatic carbocycles. The van der Waals surface area contributed by atoms with E-state index in [-0.39, 0.29) is 12.3 Å². The van der Waals surface area contributed by atoms with Crippen LogP contribution in [0.5, 0.6) is 0 Å². The lowest BCUT2D eigenvalue weighted by Crippen LogP contribution is -2.63. The molecule has 8 heteroatoms. The van der Waals surface area contributed by atoms with Crippen LogP contribution >= 0.6 is 11.6 Å². The summed E-state index contributed by atoms with van der Waals surface area (Å²) in [5.41, 5.74) is 0. The van der Waals surface area contributed by atoms with Gasteiger partial charge < -0.3 is 9.80 Å². The lowest BCUT2D eigenvalue weighted by molar-refractivity contribution is -0.127. The summed E-state index contributed by atoms with van der Waals surface area (Å²) in [6.07, 6.45) is -0.289. The Bertz CT molecular complexity index is 458. The summed E-state index contributed by atoms with van der Waals surface area (Å²) < 4.78 is 0. The number of rotatable bonds is 3. The fourth-order valence-corrected chi connectivity index (χ4v) is 2.35. The van der Waals surface area contributed by atoms with Crippen molar-refractivity contribution in [2.24, 2.45) is 4.99 Å². The highest BCUT2D eigenvalue weighted by atomic mass is 35.5. The number of alkyl halides is 1. The molecule has 0 bridgehead atoms. The van der Waals surface area contributed by atoms with Crippen molar-refractivity contribution in [3.63, 3.8) is 0 Å². The largest absolute Gasteiger partial charge is 0.343 e. The highest BCUT2D eigenvalue weighted by Gasteiger charge is 2.47. The van der Waals surface area contributed by atoms with Gasteiger partial charge in [0.1, 0.15) is 5.84 Å². The first-order chi connectivity index (χ1) is 8.60. The molecule has 2 atom stereocenters. The Morgan fingerprint density at radius 2 is 2.28 bits per heavy atom. The molecule has 0 aliphatic carbocycles. The number of nitrogens with zero attached hydrogens (tertiary/aromatic N) is 4. The Hall–Kier alpha value is -1.81. The number of hydrogen-bond donors (Lipinski definition) is 1. The van der Waals surface area contributed by atoms with Crippen molar-refractivity contribution in [2.45, 2.75) is 18.6 Å². The van der Waals surface area contributed by atoms with Crippen LogP contribution in [0.2, 0.25) is 0 Å². The maximum atomic E-state index is 11.9. The number of fused-ring (bicyclic) bond motifs is 1. The number of carbonyl (C=O) groups excluding carboxylic acids is 2. The van der Waals surface area contributed by atoms with Crippen LogP contribution in [0.3, 0.4) is 0 Å². The molecule has 2 aliphatic heterocycles. The molecule has 2 rings (SSSR count). The third-order valence-corrected chi connectivity index (χ3v) is 3.27. The van der Waals surface area contributed by atoms with E-state index >= 15 is 0 Å². The minimum Gasteiger partial charge on any atom is -0.343 e. The fraction of sp³-hybridized carbons (Fsp3) is 0.600. The quantitative estimate of drug-likeness (QED) is 0.714. The monoisotopic (exact) mass is 269 g/mol. The Morgan fingerprint density at radius 3 is 2.89 bits per heavy atom. The van der Waals surface area contributed by atoms with E-state index in [0.29, 0.717) is 12.4 Å². The predicted molar refractivity (Wildman–Crippen MR) is 64.0 cm³/mol. The van der Waals surface area contributed by atoms with Crippen LogP contribution in [-0.4, -0.2) is 59.3 Å². The number of amidine groups is 1. The topological polar surface area (TPSA) is 88.8 Å². The van der Waals surface area contributed by atoms with Crippen LogP contribution in [0.25, 0.3) is 0 Å². The van der Waals surface area contributed by atoms with Gasteiger partial charge in [0.15, 0.2) is 12.2 Å². The van der Waals surface area contributed by atoms with Gasteiger partial charge in [-0.25, -0.2) is 9.79 Å². The van der Waals surface area contributed by atoms with Gasteiger partial charge in [-0.2, -0.15) is 5.26 Å². The molecular formula is C10H12ClN5O2. The van der Waals surface area contributed by atoms with E-state index < -0.39 is 24.1 Å². The molecule has 1 fully saturated rings. The summed E-state index contributed by atoms with van der Waals surface area (Å²) in [4.78, 5) is 30.7. The van der Waals surface area contributed by atoms with E-state index in [9.17, 15) is 9.59 Å². The van der Waals surface area contributed by atoms with E-state index in [1.807, 2.05) is 6.07 Å². The van der Waals surface area contributed by atoms with E-state index in [2.05, 4.69) is 10.3 Å². The lowest BCUT2D eigenvalue weighted by Gasteiger charge is -2.36. The van der Waals surface area contributed by atoms with Gasteiger partial charge in [-0.15, -0.1) is 11.6 Å². The number of carbonyl (C=O) groups is 2. The zero-order valence-corrected chi connectivity index (χ0v) is 10.5. The number of nitrogens with one attached hydrogen (secondary N) is 1. The molecule has 2 aliphatic rings. The molecule has 3 amide bonds. The van der Waals surface area contributed by atoms with E-state index in [1.54, 1.807) is 11.9 Å². The number of urea groups is 1. The summed E-state index contributed by atoms with van der Waals surface area (Å²) >= 11 is 5.79. The molecule has 2 heterocycles. The van der Waals surface area contributed by atoms with Crippen molar-refractivity contribution in [3.05, 3.63) is 0 Å². The number of aliphatic imine (C=N–C) groups is 1. The standard InChI is InChI=1S/C10H12ClN5O2/c1-15-8-7(9(17)14-10(15)18)16(4-2-3-12)6(5-11)13-8/h7-8H,2,4-5H2,1H3,(H,14,17,18). The van der Waals surface area contributed by atoms with Crippen LogP contribution in [0.1, 0.15) is 6.42 Å². The molecule has 2 unspecified atom stereocenters. The van der Waals surface area contributed by atoms with Gasteiger partial charge in [-0.05, 0) is 0 Å². The minimum absolute atomic E-state index is 0.147. The predicted octanol–water partition coefficient (Wildman–Crippen LogP) is -0.271. The van der Waals surface area contributed by atoms with Gasteiger partial charge in [0, 0.05) is 13.6 Å². The third-order valence-electron chi connectivity index (χ3n) is 3.03. The lowest BCUT2D eigenvalue weighted by atomic mass is 10.1. The zero-order valence-electron chi connectivity index (χ0n) is 9.76. The van der Waals surface area contributed by atoms with E-state index in [4.69, 9.17) is 16.9 Å². The third kappa shape index (κ3) is 1.88. The average molecular weight is 270 g/mol. The molecule has 18 heavy (non-hydrogen) atoms. The fourth-order valence-electron chi connectivity index (χ4n) is 2.13. The Morgan fingerprint density at radius 1 is 1.56 bits per heavy atom. The summed E-state index contributed by atoms with van der Waals surface area (Å²) in [7, 11) is 1.57. The minimum atomic E-state index is -0.588. The molecule has 1 N–H and O–H groups in total. The van der Waals surface area contributed by atoms with E-state index in [0.717, 1.165) is 0 Å². The van der Waals surface area contributed by atoms with Crippen molar-refractivity contribution >= 4 is 29.4 Å². The SMILES string of the molecule is CN1C(=O)NC(=O)C2C1N=C(CCl)N2CCC#N. The number of hydrogen-bond acceptors (Lipinski definition) is 5. The molecule has 96 valence electrons. The van der Waals surface area contributed by atoms with Gasteiger partial charge in [-0.3, -0.25) is 10.1 Å². The second-order valence-corrected chi connectivity index (χ2v) is 4.31. The van der Waals surface area contributed by atoms with Crippen molar-refractivity contribution in [1.29, 1.82) is 5.26 Å². The van der Waals surface area contributed by atoms with Crippen LogP contribution in [0.15, 0.2) is 4.99 Å². The van der Waals surface area contributed by atoms with Crippen LogP contribution in [0.4, 0.5) is 4.79 Å². The molecule has 0 radical (unpaired) electrons. The number of amides is 3. The molecule has 7 nitrogen and oxygen atoms in total. The van der Waals surface area contributed by atoms with Crippen LogP contribution in [0, 0.1) is 11.3 Å². The Balaban J connectivity index is 2.27. The van der Waals surface area contributed by atoms with Gasteiger partial charge in [0.05, 0.1) is 18.4 Å². The van der Waals surface area contributed by atoms with Gasteiger partial charge in [-0.1, -0.05) is 0 Å². The highest BCUT2D eigenvalue weighted by Crippen LogP contribution is 2.24. The summed E-state index contributed by atoms with van der Waals surface area (Å²) in [5.74, 6) is 0.289. The molecule has 0 spiro atoms. The molecule has 0 aromatic heterocycles.